The van der Waals surface area contributed by atoms with Gasteiger partial charge in [0.1, 0.15) is 0 Å². The Labute approximate surface area is 126 Å². The Balaban J connectivity index is 1.82. The Morgan fingerprint density at radius 2 is 1.85 bits per heavy atom. The van der Waals surface area contributed by atoms with E-state index in [1.165, 1.54) is 31.7 Å². The quantitative estimate of drug-likeness (QED) is 0.526. The molecule has 5 atom stereocenters. The summed E-state index contributed by atoms with van der Waals surface area (Å²) < 4.78 is 17.9. The van der Waals surface area contributed by atoms with Crippen LogP contribution in [0.1, 0.15) is 32.6 Å². The summed E-state index contributed by atoms with van der Waals surface area (Å²) in [5.74, 6) is 0.847. The van der Waals surface area contributed by atoms with E-state index in [0.717, 1.165) is 5.92 Å². The van der Waals surface area contributed by atoms with Crippen LogP contribution in [-0.2, 0) is 13.6 Å². The van der Waals surface area contributed by atoms with Gasteiger partial charge in [-0.3, -0.25) is 0 Å². The first-order valence-corrected chi connectivity index (χ1v) is 14.2. The van der Waals surface area contributed by atoms with Crippen molar-refractivity contribution in [1.29, 1.82) is 0 Å². The van der Waals surface area contributed by atoms with E-state index in [2.05, 4.69) is 33.1 Å². The highest BCUT2D eigenvalue weighted by Crippen LogP contribution is 2.41. The molecular formula is C15H32O3Si2. The molecule has 118 valence electrons. The second kappa shape index (κ2) is 6.20. The second-order valence-corrected chi connectivity index (χ2v) is 16.6. The van der Waals surface area contributed by atoms with Gasteiger partial charge in [0, 0.05) is 7.11 Å². The molecule has 20 heavy (non-hydrogen) atoms. The van der Waals surface area contributed by atoms with Crippen LogP contribution in [0.25, 0.3) is 0 Å². The predicted octanol–water partition coefficient (Wildman–Crippen LogP) is 3.94. The third-order valence-corrected chi connectivity index (χ3v) is 10.4. The summed E-state index contributed by atoms with van der Waals surface area (Å²) in [5.41, 5.74) is 0.299. The molecule has 0 aromatic carbocycles. The maximum atomic E-state index is 6.31. The van der Waals surface area contributed by atoms with Gasteiger partial charge in [0.25, 0.3) is 0 Å². The van der Waals surface area contributed by atoms with E-state index in [4.69, 9.17) is 13.6 Å². The van der Waals surface area contributed by atoms with Crippen molar-refractivity contribution in [3.63, 3.8) is 0 Å². The standard InChI is InChI=1S/C15H32O3Si2/c1-12(18-19(3,4)5)20(6,16-2)10-9-13-7-8-14-15(11-13)17-14/h12-15H,7-11H2,1-6H3. The summed E-state index contributed by atoms with van der Waals surface area (Å²) in [6.45, 7) is 11.4. The molecule has 5 unspecified atom stereocenters. The van der Waals surface area contributed by atoms with Crippen LogP contribution in [-0.4, -0.2) is 41.7 Å². The Bertz CT molecular complexity index is 332. The van der Waals surface area contributed by atoms with Crippen molar-refractivity contribution in [3.05, 3.63) is 0 Å². The minimum atomic E-state index is -1.76. The Hall–Kier alpha value is 0.314. The van der Waals surface area contributed by atoms with Gasteiger partial charge in [-0.25, -0.2) is 0 Å². The van der Waals surface area contributed by atoms with Gasteiger partial charge in [0.15, 0.2) is 8.32 Å². The lowest BCUT2D eigenvalue weighted by Crippen LogP contribution is -2.50. The first-order valence-electron chi connectivity index (χ1n) is 8.12. The number of epoxide rings is 1. The van der Waals surface area contributed by atoms with E-state index < -0.39 is 16.6 Å². The molecule has 0 bridgehead atoms. The maximum absolute atomic E-state index is 6.31. The number of rotatable bonds is 7. The molecule has 0 aromatic rings. The lowest BCUT2D eigenvalue weighted by Gasteiger charge is -2.36. The van der Waals surface area contributed by atoms with Crippen LogP contribution < -0.4 is 0 Å². The second-order valence-electron chi connectivity index (χ2n) is 7.82. The smallest absolute Gasteiger partial charge is 0.215 e. The molecule has 0 spiro atoms. The molecule has 0 N–H and O–H groups in total. The summed E-state index contributed by atoms with van der Waals surface area (Å²) in [7, 11) is -1.36. The molecule has 3 nitrogen and oxygen atoms in total. The normalized spacial score (nSPS) is 34.2. The lowest BCUT2D eigenvalue weighted by molar-refractivity contribution is 0.236. The van der Waals surface area contributed by atoms with E-state index in [1.54, 1.807) is 0 Å². The zero-order valence-corrected chi connectivity index (χ0v) is 16.1. The van der Waals surface area contributed by atoms with Crippen molar-refractivity contribution in [2.45, 2.75) is 82.8 Å². The Kier molecular flexibility index (Phi) is 5.17. The third-order valence-electron chi connectivity index (χ3n) is 5.02. The van der Waals surface area contributed by atoms with Crippen LogP contribution in [0.3, 0.4) is 0 Å². The fraction of sp³-hybridized carbons (Fsp3) is 1.00. The zero-order valence-electron chi connectivity index (χ0n) is 14.1. The van der Waals surface area contributed by atoms with Gasteiger partial charge in [-0.15, -0.1) is 0 Å². The summed E-state index contributed by atoms with van der Waals surface area (Å²) in [6, 6.07) is 1.22. The molecule has 1 saturated carbocycles. The minimum Gasteiger partial charge on any atom is -0.418 e. The summed E-state index contributed by atoms with van der Waals surface area (Å²) in [6.07, 6.45) is 6.41. The maximum Gasteiger partial charge on any atom is 0.215 e. The lowest BCUT2D eigenvalue weighted by atomic mass is 9.88. The van der Waals surface area contributed by atoms with Crippen LogP contribution in [0.5, 0.6) is 0 Å². The molecule has 0 radical (unpaired) electrons. The van der Waals surface area contributed by atoms with Crippen molar-refractivity contribution < 1.29 is 13.6 Å². The van der Waals surface area contributed by atoms with Crippen LogP contribution in [0.4, 0.5) is 0 Å². The van der Waals surface area contributed by atoms with Crippen LogP contribution in [0.2, 0.25) is 32.2 Å². The highest BCUT2D eigenvalue weighted by Gasteiger charge is 2.45. The molecule has 2 fully saturated rings. The van der Waals surface area contributed by atoms with E-state index >= 15 is 0 Å². The number of fused-ring (bicyclic) bond motifs is 1. The topological polar surface area (TPSA) is 31.0 Å². The third kappa shape index (κ3) is 4.40. The van der Waals surface area contributed by atoms with E-state index in [0.29, 0.717) is 17.9 Å². The van der Waals surface area contributed by atoms with Gasteiger partial charge in [-0.05, 0) is 64.3 Å². The first kappa shape index (κ1) is 16.7. The van der Waals surface area contributed by atoms with E-state index in [9.17, 15) is 0 Å². The van der Waals surface area contributed by atoms with E-state index in [1.807, 2.05) is 7.11 Å². The Morgan fingerprint density at radius 3 is 2.40 bits per heavy atom. The highest BCUT2D eigenvalue weighted by atomic mass is 28.4. The average Bonchev–Trinajstić information content (AvgIpc) is 3.12. The summed E-state index contributed by atoms with van der Waals surface area (Å²) in [5, 5.41) is 0. The summed E-state index contributed by atoms with van der Waals surface area (Å²) >= 11 is 0. The SMILES string of the molecule is CO[Si](C)(CCC1CCC2OC2C1)C(C)O[Si](C)(C)C. The first-order chi connectivity index (χ1) is 9.23. The van der Waals surface area contributed by atoms with Crippen LogP contribution in [0.15, 0.2) is 0 Å². The fourth-order valence-electron chi connectivity index (χ4n) is 3.37. The largest absolute Gasteiger partial charge is 0.418 e. The van der Waals surface area contributed by atoms with Gasteiger partial charge >= 0.3 is 0 Å². The Morgan fingerprint density at radius 1 is 1.15 bits per heavy atom. The molecule has 1 heterocycles. The fourth-order valence-corrected chi connectivity index (χ4v) is 8.41. The molecule has 0 amide bonds. The number of ether oxygens (including phenoxy) is 1. The molecule has 2 aliphatic rings. The van der Waals surface area contributed by atoms with Gasteiger partial charge < -0.3 is 13.6 Å². The van der Waals surface area contributed by atoms with Gasteiger partial charge in [0.2, 0.25) is 8.32 Å². The van der Waals surface area contributed by atoms with Crippen molar-refractivity contribution in [1.82, 2.24) is 0 Å². The monoisotopic (exact) mass is 316 g/mol. The van der Waals surface area contributed by atoms with Gasteiger partial charge in [-0.2, -0.15) is 0 Å². The molecule has 1 aliphatic heterocycles. The van der Waals surface area contributed by atoms with Crippen molar-refractivity contribution >= 4 is 16.6 Å². The van der Waals surface area contributed by atoms with Crippen molar-refractivity contribution in [2.75, 3.05) is 7.11 Å². The molecule has 2 rings (SSSR count). The van der Waals surface area contributed by atoms with Crippen molar-refractivity contribution in [2.24, 2.45) is 5.92 Å². The number of hydrogen-bond acceptors (Lipinski definition) is 3. The van der Waals surface area contributed by atoms with Crippen LogP contribution >= 0.6 is 0 Å². The average molecular weight is 317 g/mol. The van der Waals surface area contributed by atoms with Crippen molar-refractivity contribution in [3.8, 4) is 0 Å². The van der Waals surface area contributed by atoms with Crippen LogP contribution in [0, 0.1) is 5.92 Å². The van der Waals surface area contributed by atoms with Gasteiger partial charge in [0.05, 0.1) is 17.9 Å². The van der Waals surface area contributed by atoms with E-state index in [-0.39, 0.29) is 0 Å². The minimum absolute atomic E-state index is 0.299. The zero-order chi connectivity index (χ0) is 15.0. The molecular weight excluding hydrogens is 284 g/mol. The molecule has 0 aromatic heterocycles. The molecule has 1 aliphatic carbocycles. The molecule has 5 heteroatoms. The predicted molar refractivity (Wildman–Crippen MR) is 87.9 cm³/mol. The number of hydrogen-bond donors (Lipinski definition) is 0. The highest BCUT2D eigenvalue weighted by molar-refractivity contribution is 6.76. The van der Waals surface area contributed by atoms with Gasteiger partial charge in [-0.1, -0.05) is 6.42 Å². The summed E-state index contributed by atoms with van der Waals surface area (Å²) in [4.78, 5) is 0. The molecule has 1 saturated heterocycles.